The van der Waals surface area contributed by atoms with Gasteiger partial charge in [-0.05, 0) is 30.3 Å². The number of benzene rings is 2. The molecule has 1 amide bonds. The van der Waals surface area contributed by atoms with Crippen molar-refractivity contribution in [3.05, 3.63) is 48.0 Å². The van der Waals surface area contributed by atoms with Crippen LogP contribution in [0, 0.1) is 0 Å². The van der Waals surface area contributed by atoms with Crippen molar-refractivity contribution in [2.45, 2.75) is 6.18 Å². The summed E-state index contributed by atoms with van der Waals surface area (Å²) >= 11 is 0. The molecule has 0 aliphatic heterocycles. The van der Waals surface area contributed by atoms with E-state index in [1.807, 2.05) is 0 Å². The minimum absolute atomic E-state index is 0.0235. The number of alkyl halides is 3. The standard InChI is InChI=1S/C17H16F3NO4/c1-23-13-7-4-8-14(24-2)16(13)25-10-15(22)21-12-6-3-5-11(9-12)17(18,19)20/h3-9H,10H2,1-2H3,(H,21,22). The molecule has 0 saturated carbocycles. The Balaban J connectivity index is 2.05. The first-order chi connectivity index (χ1) is 11.8. The summed E-state index contributed by atoms with van der Waals surface area (Å²) in [6, 6.07) is 9.28. The zero-order valence-corrected chi connectivity index (χ0v) is 13.5. The summed E-state index contributed by atoms with van der Waals surface area (Å²) in [4.78, 5) is 11.9. The maximum atomic E-state index is 12.7. The van der Waals surface area contributed by atoms with Crippen LogP contribution in [0.2, 0.25) is 0 Å². The molecule has 0 aromatic heterocycles. The van der Waals surface area contributed by atoms with E-state index < -0.39 is 24.3 Å². The number of hydrogen-bond acceptors (Lipinski definition) is 4. The third-order valence-corrected chi connectivity index (χ3v) is 3.20. The Morgan fingerprint density at radius 1 is 1.04 bits per heavy atom. The number of para-hydroxylation sites is 1. The molecular weight excluding hydrogens is 339 g/mol. The quantitative estimate of drug-likeness (QED) is 0.858. The van der Waals surface area contributed by atoms with E-state index in [2.05, 4.69) is 5.32 Å². The lowest BCUT2D eigenvalue weighted by molar-refractivity contribution is -0.137. The third kappa shape index (κ3) is 4.79. The van der Waals surface area contributed by atoms with E-state index in [0.29, 0.717) is 11.5 Å². The molecule has 0 aliphatic carbocycles. The maximum Gasteiger partial charge on any atom is 0.416 e. The van der Waals surface area contributed by atoms with Gasteiger partial charge in [-0.15, -0.1) is 0 Å². The highest BCUT2D eigenvalue weighted by Crippen LogP contribution is 2.36. The fourth-order valence-corrected chi connectivity index (χ4v) is 2.07. The van der Waals surface area contributed by atoms with Gasteiger partial charge < -0.3 is 19.5 Å². The molecule has 0 fully saturated rings. The van der Waals surface area contributed by atoms with Crippen molar-refractivity contribution in [2.75, 3.05) is 26.1 Å². The first-order valence-corrected chi connectivity index (χ1v) is 7.16. The van der Waals surface area contributed by atoms with Crippen molar-refractivity contribution in [1.82, 2.24) is 0 Å². The number of carbonyl (C=O) groups excluding carboxylic acids is 1. The summed E-state index contributed by atoms with van der Waals surface area (Å²) < 4.78 is 53.7. The van der Waals surface area contributed by atoms with Gasteiger partial charge in [0.2, 0.25) is 5.75 Å². The van der Waals surface area contributed by atoms with Crippen LogP contribution in [-0.4, -0.2) is 26.7 Å². The van der Waals surface area contributed by atoms with Gasteiger partial charge in [0.15, 0.2) is 18.1 Å². The van der Waals surface area contributed by atoms with Crippen LogP contribution in [0.15, 0.2) is 42.5 Å². The molecule has 134 valence electrons. The molecule has 0 spiro atoms. The molecule has 0 aliphatic rings. The zero-order valence-electron chi connectivity index (χ0n) is 13.5. The SMILES string of the molecule is COc1cccc(OC)c1OCC(=O)Nc1cccc(C(F)(F)F)c1. The van der Waals surface area contributed by atoms with E-state index in [0.717, 1.165) is 12.1 Å². The molecular formula is C17H16F3NO4. The van der Waals surface area contributed by atoms with E-state index in [1.54, 1.807) is 18.2 Å². The molecule has 0 bridgehead atoms. The predicted octanol–water partition coefficient (Wildman–Crippen LogP) is 3.74. The molecule has 25 heavy (non-hydrogen) atoms. The van der Waals surface area contributed by atoms with Crippen LogP contribution in [-0.2, 0) is 11.0 Å². The predicted molar refractivity (Wildman–Crippen MR) is 85.1 cm³/mol. The second-order valence-electron chi connectivity index (χ2n) is 4.91. The molecule has 2 aromatic rings. The van der Waals surface area contributed by atoms with Crippen molar-refractivity contribution < 1.29 is 32.2 Å². The number of carbonyl (C=O) groups is 1. The summed E-state index contributed by atoms with van der Waals surface area (Å²) in [5, 5.41) is 2.35. The van der Waals surface area contributed by atoms with Crippen molar-refractivity contribution >= 4 is 11.6 Å². The summed E-state index contributed by atoms with van der Waals surface area (Å²) in [7, 11) is 2.87. The van der Waals surface area contributed by atoms with Crippen LogP contribution in [0.3, 0.4) is 0 Å². The number of amides is 1. The van der Waals surface area contributed by atoms with Gasteiger partial charge in [0.25, 0.3) is 5.91 Å². The highest BCUT2D eigenvalue weighted by Gasteiger charge is 2.30. The number of nitrogens with one attached hydrogen (secondary N) is 1. The summed E-state index contributed by atoms with van der Waals surface area (Å²) in [5.41, 5.74) is -0.826. The van der Waals surface area contributed by atoms with Crippen LogP contribution in [0.5, 0.6) is 17.2 Å². The monoisotopic (exact) mass is 355 g/mol. The van der Waals surface area contributed by atoms with Crippen molar-refractivity contribution in [3.8, 4) is 17.2 Å². The molecule has 0 saturated heterocycles. The summed E-state index contributed by atoms with van der Waals surface area (Å²) in [5.74, 6) is 0.344. The second kappa shape index (κ2) is 7.78. The minimum atomic E-state index is -4.48. The van der Waals surface area contributed by atoms with Gasteiger partial charge in [-0.25, -0.2) is 0 Å². The second-order valence-corrected chi connectivity index (χ2v) is 4.91. The van der Waals surface area contributed by atoms with E-state index in [1.165, 1.54) is 26.4 Å². The smallest absolute Gasteiger partial charge is 0.416 e. The van der Waals surface area contributed by atoms with Gasteiger partial charge in [-0.2, -0.15) is 13.2 Å². The fraction of sp³-hybridized carbons (Fsp3) is 0.235. The Hall–Kier alpha value is -2.90. The van der Waals surface area contributed by atoms with Gasteiger partial charge in [0.1, 0.15) is 0 Å². The Morgan fingerprint density at radius 3 is 2.20 bits per heavy atom. The topological polar surface area (TPSA) is 56.8 Å². The van der Waals surface area contributed by atoms with Crippen LogP contribution < -0.4 is 19.5 Å². The van der Waals surface area contributed by atoms with E-state index >= 15 is 0 Å². The molecule has 1 N–H and O–H groups in total. The van der Waals surface area contributed by atoms with Crippen molar-refractivity contribution in [3.63, 3.8) is 0 Å². The molecule has 2 aromatic carbocycles. The largest absolute Gasteiger partial charge is 0.493 e. The van der Waals surface area contributed by atoms with Crippen molar-refractivity contribution in [2.24, 2.45) is 0 Å². The van der Waals surface area contributed by atoms with Gasteiger partial charge in [-0.3, -0.25) is 4.79 Å². The molecule has 5 nitrogen and oxygen atoms in total. The molecule has 8 heteroatoms. The Kier molecular flexibility index (Phi) is 5.74. The van der Waals surface area contributed by atoms with Crippen LogP contribution in [0.4, 0.5) is 18.9 Å². The summed E-state index contributed by atoms with van der Waals surface area (Å²) in [6.07, 6.45) is -4.48. The lowest BCUT2D eigenvalue weighted by Gasteiger charge is -2.14. The Bertz CT molecular complexity index is 725. The van der Waals surface area contributed by atoms with Gasteiger partial charge in [0, 0.05) is 5.69 Å². The van der Waals surface area contributed by atoms with E-state index in [9.17, 15) is 18.0 Å². The van der Waals surface area contributed by atoms with Crippen molar-refractivity contribution in [1.29, 1.82) is 0 Å². The van der Waals surface area contributed by atoms with Gasteiger partial charge >= 0.3 is 6.18 Å². The number of anilines is 1. The fourth-order valence-electron chi connectivity index (χ4n) is 2.07. The molecule has 0 unspecified atom stereocenters. The number of ether oxygens (including phenoxy) is 3. The van der Waals surface area contributed by atoms with Crippen LogP contribution in [0.25, 0.3) is 0 Å². The summed E-state index contributed by atoms with van der Waals surface area (Å²) in [6.45, 7) is -0.424. The van der Waals surface area contributed by atoms with E-state index in [-0.39, 0.29) is 11.4 Å². The highest BCUT2D eigenvalue weighted by atomic mass is 19.4. The van der Waals surface area contributed by atoms with Gasteiger partial charge in [-0.1, -0.05) is 12.1 Å². The number of methoxy groups -OCH3 is 2. The average molecular weight is 355 g/mol. The Morgan fingerprint density at radius 2 is 1.64 bits per heavy atom. The molecule has 0 heterocycles. The third-order valence-electron chi connectivity index (χ3n) is 3.20. The van der Waals surface area contributed by atoms with Crippen LogP contribution >= 0.6 is 0 Å². The normalized spacial score (nSPS) is 10.9. The van der Waals surface area contributed by atoms with E-state index in [4.69, 9.17) is 14.2 Å². The number of rotatable bonds is 6. The number of hydrogen-bond donors (Lipinski definition) is 1. The lowest BCUT2D eigenvalue weighted by atomic mass is 10.2. The molecule has 2 rings (SSSR count). The first kappa shape index (κ1) is 18.4. The zero-order chi connectivity index (χ0) is 18.4. The minimum Gasteiger partial charge on any atom is -0.493 e. The molecule has 0 radical (unpaired) electrons. The lowest BCUT2D eigenvalue weighted by Crippen LogP contribution is -2.21. The van der Waals surface area contributed by atoms with Gasteiger partial charge in [0.05, 0.1) is 19.8 Å². The molecule has 0 atom stereocenters. The first-order valence-electron chi connectivity index (χ1n) is 7.16. The number of halogens is 3. The maximum absolute atomic E-state index is 12.7. The van der Waals surface area contributed by atoms with Crippen LogP contribution in [0.1, 0.15) is 5.56 Å². The average Bonchev–Trinajstić information content (AvgIpc) is 2.59. The highest BCUT2D eigenvalue weighted by molar-refractivity contribution is 5.92. The Labute approximate surface area is 142 Å².